The first-order valence-electron chi connectivity index (χ1n) is 6.70. The number of carbonyl (C=O) groups is 1. The number of hydrogen-bond donors (Lipinski definition) is 2. The van der Waals surface area contributed by atoms with E-state index in [-0.39, 0.29) is 11.9 Å². The van der Waals surface area contributed by atoms with Crippen LogP contribution in [-0.4, -0.2) is 16.0 Å². The van der Waals surface area contributed by atoms with E-state index >= 15 is 0 Å². The maximum absolute atomic E-state index is 12.2. The molecule has 1 aliphatic rings. The number of aromatic hydroxyl groups is 1. The molecule has 1 atom stereocenters. The van der Waals surface area contributed by atoms with Gasteiger partial charge in [0.15, 0.2) is 0 Å². The van der Waals surface area contributed by atoms with Gasteiger partial charge in [-0.25, -0.2) is 4.98 Å². The smallest absolute Gasteiger partial charge is 0.270 e. The molecule has 1 amide bonds. The highest BCUT2D eigenvalue weighted by molar-refractivity contribution is 5.92. The van der Waals surface area contributed by atoms with Crippen LogP contribution in [0.4, 0.5) is 0 Å². The molecule has 2 N–H and O–H groups in total. The van der Waals surface area contributed by atoms with Crippen LogP contribution in [0.15, 0.2) is 36.4 Å². The number of pyridine rings is 1. The quantitative estimate of drug-likeness (QED) is 0.879. The van der Waals surface area contributed by atoms with Crippen molar-refractivity contribution in [3.8, 4) is 5.75 Å². The number of phenols is 1. The molecule has 1 unspecified atom stereocenters. The van der Waals surface area contributed by atoms with E-state index < -0.39 is 0 Å². The molecule has 0 saturated carbocycles. The van der Waals surface area contributed by atoms with Gasteiger partial charge < -0.3 is 10.4 Å². The Labute approximate surface area is 117 Å². The molecule has 102 valence electrons. The van der Waals surface area contributed by atoms with Crippen molar-refractivity contribution in [2.24, 2.45) is 0 Å². The second-order valence-corrected chi connectivity index (χ2v) is 5.07. The summed E-state index contributed by atoms with van der Waals surface area (Å²) in [5.41, 5.74) is 3.20. The summed E-state index contributed by atoms with van der Waals surface area (Å²) in [4.78, 5) is 16.4. The van der Waals surface area contributed by atoms with Gasteiger partial charge in [0.05, 0.1) is 6.04 Å². The molecule has 0 spiro atoms. The van der Waals surface area contributed by atoms with Gasteiger partial charge in [0.2, 0.25) is 0 Å². The van der Waals surface area contributed by atoms with Crippen molar-refractivity contribution in [3.05, 3.63) is 58.9 Å². The predicted octanol–water partition coefficient (Wildman–Crippen LogP) is 2.51. The largest absolute Gasteiger partial charge is 0.508 e. The molecule has 4 heteroatoms. The molecule has 1 aliphatic carbocycles. The van der Waals surface area contributed by atoms with Gasteiger partial charge in [0.1, 0.15) is 11.4 Å². The molecule has 0 fully saturated rings. The number of carbonyl (C=O) groups excluding carboxylic acids is 1. The molecule has 20 heavy (non-hydrogen) atoms. The number of aryl methyl sites for hydroxylation is 1. The Morgan fingerprint density at radius 3 is 2.90 bits per heavy atom. The highest BCUT2D eigenvalue weighted by Gasteiger charge is 2.26. The molecular formula is C16H16N2O2. The lowest BCUT2D eigenvalue weighted by atomic mass is 10.1. The second-order valence-electron chi connectivity index (χ2n) is 5.07. The lowest BCUT2D eigenvalue weighted by molar-refractivity contribution is 0.0931. The van der Waals surface area contributed by atoms with Gasteiger partial charge in [-0.3, -0.25) is 4.79 Å². The summed E-state index contributed by atoms with van der Waals surface area (Å²) in [6.07, 6.45) is 1.60. The van der Waals surface area contributed by atoms with E-state index in [2.05, 4.69) is 10.3 Å². The van der Waals surface area contributed by atoms with E-state index in [1.165, 1.54) is 0 Å². The molecule has 3 rings (SSSR count). The van der Waals surface area contributed by atoms with Crippen LogP contribution < -0.4 is 5.32 Å². The highest BCUT2D eigenvalue weighted by Crippen LogP contribution is 2.36. The Bertz CT molecular complexity index is 667. The number of amides is 1. The van der Waals surface area contributed by atoms with Crippen LogP contribution in [0.1, 0.15) is 39.8 Å². The molecule has 1 heterocycles. The first kappa shape index (κ1) is 12.7. The lowest BCUT2D eigenvalue weighted by Crippen LogP contribution is -2.28. The number of nitrogens with one attached hydrogen (secondary N) is 1. The standard InChI is InChI=1S/C16H16N2O2/c1-10-4-2-6-14(17-10)16(20)18-13-9-8-12-11(13)5-3-7-15(12)19/h2-7,13,19H,8-9H2,1H3,(H,18,20). The van der Waals surface area contributed by atoms with Crippen LogP contribution in [0.2, 0.25) is 0 Å². The van der Waals surface area contributed by atoms with E-state index in [1.807, 2.05) is 31.2 Å². The Hall–Kier alpha value is -2.36. The van der Waals surface area contributed by atoms with E-state index in [1.54, 1.807) is 12.1 Å². The molecule has 2 aromatic rings. The van der Waals surface area contributed by atoms with Gasteiger partial charge >= 0.3 is 0 Å². The van der Waals surface area contributed by atoms with Crippen molar-refractivity contribution >= 4 is 5.91 Å². The first-order chi connectivity index (χ1) is 9.65. The van der Waals surface area contributed by atoms with Crippen molar-refractivity contribution in [3.63, 3.8) is 0 Å². The van der Waals surface area contributed by atoms with Gasteiger partial charge in [-0.2, -0.15) is 0 Å². The number of nitrogens with zero attached hydrogens (tertiary/aromatic N) is 1. The number of benzene rings is 1. The monoisotopic (exact) mass is 268 g/mol. The molecule has 1 aromatic heterocycles. The first-order valence-corrected chi connectivity index (χ1v) is 6.70. The van der Waals surface area contributed by atoms with Crippen LogP contribution in [0.5, 0.6) is 5.75 Å². The minimum atomic E-state index is -0.171. The molecule has 1 aromatic carbocycles. The molecule has 0 saturated heterocycles. The zero-order valence-corrected chi connectivity index (χ0v) is 11.3. The van der Waals surface area contributed by atoms with Gasteiger partial charge in [-0.05, 0) is 49.1 Å². The minimum Gasteiger partial charge on any atom is -0.508 e. The maximum Gasteiger partial charge on any atom is 0.270 e. The molecule has 0 aliphatic heterocycles. The second kappa shape index (κ2) is 4.96. The maximum atomic E-state index is 12.2. The lowest BCUT2D eigenvalue weighted by Gasteiger charge is -2.14. The topological polar surface area (TPSA) is 62.2 Å². The fourth-order valence-electron chi connectivity index (χ4n) is 2.69. The Kier molecular flexibility index (Phi) is 3.14. The van der Waals surface area contributed by atoms with Crippen molar-refractivity contribution in [2.75, 3.05) is 0 Å². The number of rotatable bonds is 2. The Balaban J connectivity index is 1.81. The normalized spacial score (nSPS) is 16.8. The highest BCUT2D eigenvalue weighted by atomic mass is 16.3. The van der Waals surface area contributed by atoms with Crippen LogP contribution in [-0.2, 0) is 6.42 Å². The van der Waals surface area contributed by atoms with E-state index in [0.717, 1.165) is 29.7 Å². The molecular weight excluding hydrogens is 252 g/mol. The summed E-state index contributed by atoms with van der Waals surface area (Å²) in [6.45, 7) is 1.86. The average molecular weight is 268 g/mol. The third-order valence-electron chi connectivity index (χ3n) is 3.67. The van der Waals surface area contributed by atoms with E-state index in [0.29, 0.717) is 11.4 Å². The average Bonchev–Trinajstić information content (AvgIpc) is 2.83. The fourth-order valence-corrected chi connectivity index (χ4v) is 2.69. The number of aromatic nitrogens is 1. The van der Waals surface area contributed by atoms with Gasteiger partial charge in [0.25, 0.3) is 5.91 Å². The summed E-state index contributed by atoms with van der Waals surface area (Å²) in [7, 11) is 0. The van der Waals surface area contributed by atoms with Gasteiger partial charge in [0, 0.05) is 5.69 Å². The van der Waals surface area contributed by atoms with Crippen molar-refractivity contribution in [1.82, 2.24) is 10.3 Å². The summed E-state index contributed by atoms with van der Waals surface area (Å²) in [6, 6.07) is 10.8. The van der Waals surface area contributed by atoms with Crippen molar-refractivity contribution in [1.29, 1.82) is 0 Å². The Morgan fingerprint density at radius 2 is 2.10 bits per heavy atom. The zero-order valence-electron chi connectivity index (χ0n) is 11.3. The zero-order chi connectivity index (χ0) is 14.1. The van der Waals surface area contributed by atoms with Gasteiger partial charge in [-0.15, -0.1) is 0 Å². The van der Waals surface area contributed by atoms with E-state index in [4.69, 9.17) is 0 Å². The predicted molar refractivity (Wildman–Crippen MR) is 75.6 cm³/mol. The third-order valence-corrected chi connectivity index (χ3v) is 3.67. The molecule has 0 bridgehead atoms. The third kappa shape index (κ3) is 2.25. The van der Waals surface area contributed by atoms with Crippen molar-refractivity contribution < 1.29 is 9.90 Å². The SMILES string of the molecule is Cc1cccc(C(=O)NC2CCc3c(O)cccc32)n1. The van der Waals surface area contributed by atoms with Crippen LogP contribution >= 0.6 is 0 Å². The fraction of sp³-hybridized carbons (Fsp3) is 0.250. The number of fused-ring (bicyclic) bond motifs is 1. The summed E-state index contributed by atoms with van der Waals surface area (Å²) >= 11 is 0. The Morgan fingerprint density at radius 1 is 1.30 bits per heavy atom. The van der Waals surface area contributed by atoms with Crippen LogP contribution in [0.3, 0.4) is 0 Å². The van der Waals surface area contributed by atoms with Gasteiger partial charge in [-0.1, -0.05) is 18.2 Å². The summed E-state index contributed by atoms with van der Waals surface area (Å²) < 4.78 is 0. The minimum absolute atomic E-state index is 0.0492. The molecule has 4 nitrogen and oxygen atoms in total. The van der Waals surface area contributed by atoms with Crippen molar-refractivity contribution in [2.45, 2.75) is 25.8 Å². The number of phenolic OH excluding ortho intramolecular Hbond substituents is 1. The number of hydrogen-bond acceptors (Lipinski definition) is 3. The van der Waals surface area contributed by atoms with Crippen LogP contribution in [0.25, 0.3) is 0 Å². The van der Waals surface area contributed by atoms with Crippen LogP contribution in [0, 0.1) is 6.92 Å². The van der Waals surface area contributed by atoms with E-state index in [9.17, 15) is 9.90 Å². The summed E-state index contributed by atoms with van der Waals surface area (Å²) in [5, 5.41) is 12.8. The summed E-state index contributed by atoms with van der Waals surface area (Å²) in [5.74, 6) is 0.142. The molecule has 0 radical (unpaired) electrons.